The van der Waals surface area contributed by atoms with Gasteiger partial charge in [0.15, 0.2) is 5.78 Å². The Morgan fingerprint density at radius 2 is 1.76 bits per heavy atom. The van der Waals surface area contributed by atoms with E-state index in [4.69, 9.17) is 9.15 Å². The number of rotatable bonds is 9. The Morgan fingerprint density at radius 3 is 2.36 bits per heavy atom. The smallest absolute Gasteiger partial charge is 0.405 e. The third-order valence-electron chi connectivity index (χ3n) is 8.42. The fourth-order valence-electron chi connectivity index (χ4n) is 6.22. The highest BCUT2D eigenvalue weighted by Crippen LogP contribution is 2.66. The van der Waals surface area contributed by atoms with Crippen molar-refractivity contribution in [2.24, 2.45) is 11.3 Å². The number of fused-ring (bicyclic) bond motifs is 1. The first-order valence-electron chi connectivity index (χ1n) is 13.8. The molecular formula is C32H30F3N3O4. The lowest BCUT2D eigenvalue weighted by atomic mass is 9.43. The number of aryl methyl sites for hydroxylation is 1. The summed E-state index contributed by atoms with van der Waals surface area (Å²) in [5.41, 5.74) is 3.01. The summed E-state index contributed by atoms with van der Waals surface area (Å²) in [5.74, 6) is 0.778. The van der Waals surface area contributed by atoms with Crippen LogP contribution < -0.4 is 15.4 Å². The molecular weight excluding hydrogens is 547 g/mol. The van der Waals surface area contributed by atoms with Crippen molar-refractivity contribution in [3.8, 4) is 28.2 Å². The topological polar surface area (TPSA) is 93.5 Å². The zero-order chi connectivity index (χ0) is 29.8. The molecule has 3 fully saturated rings. The normalized spacial score (nSPS) is 19.1. The van der Waals surface area contributed by atoms with Crippen molar-refractivity contribution < 1.29 is 31.9 Å². The molecule has 2 aromatic carbocycles. The molecule has 4 aromatic rings. The fourth-order valence-corrected chi connectivity index (χ4v) is 6.22. The van der Waals surface area contributed by atoms with E-state index in [2.05, 4.69) is 15.6 Å². The summed E-state index contributed by atoms with van der Waals surface area (Å²) in [4.78, 5) is 31.0. The summed E-state index contributed by atoms with van der Waals surface area (Å²) in [6, 6.07) is 13.9. The van der Waals surface area contributed by atoms with Crippen molar-refractivity contribution in [1.82, 2.24) is 10.3 Å². The maximum absolute atomic E-state index is 13.4. The molecule has 2 N–H and O–H groups in total. The Hall–Kier alpha value is -4.34. The molecule has 0 aliphatic heterocycles. The number of carbonyl (C=O) groups excluding carboxylic acids is 2. The SMILES string of the molecule is CNC(=O)c1c(-c2ccc(C)cc2)oc2nc(NCC(F)(F)F)c(-c3ccc(OC)c(C(=O)CC45CC(C4)C5)c3)cc12. The van der Waals surface area contributed by atoms with Crippen LogP contribution in [0.3, 0.4) is 0 Å². The zero-order valence-electron chi connectivity index (χ0n) is 23.4. The number of anilines is 1. The average molecular weight is 578 g/mol. The van der Waals surface area contributed by atoms with Gasteiger partial charge in [-0.1, -0.05) is 35.9 Å². The number of nitrogens with one attached hydrogen (secondary N) is 2. The van der Waals surface area contributed by atoms with E-state index in [1.807, 2.05) is 19.1 Å². The van der Waals surface area contributed by atoms with Crippen LogP contribution >= 0.6 is 0 Å². The van der Waals surface area contributed by atoms with Gasteiger partial charge in [-0.05, 0) is 61.3 Å². The van der Waals surface area contributed by atoms with Crippen LogP contribution in [-0.4, -0.2) is 43.6 Å². The monoisotopic (exact) mass is 577 g/mol. The second-order valence-corrected chi connectivity index (χ2v) is 11.5. The molecule has 0 saturated heterocycles. The van der Waals surface area contributed by atoms with Gasteiger partial charge in [0.1, 0.15) is 23.9 Å². The highest BCUT2D eigenvalue weighted by Gasteiger charge is 2.57. The van der Waals surface area contributed by atoms with Gasteiger partial charge in [-0.15, -0.1) is 0 Å². The van der Waals surface area contributed by atoms with Crippen LogP contribution in [0.4, 0.5) is 19.0 Å². The molecule has 1 amide bonds. The van der Waals surface area contributed by atoms with E-state index < -0.39 is 18.6 Å². The number of ketones is 1. The molecule has 2 aromatic heterocycles. The van der Waals surface area contributed by atoms with Crippen LogP contribution in [0.2, 0.25) is 0 Å². The quantitative estimate of drug-likeness (QED) is 0.205. The highest BCUT2D eigenvalue weighted by atomic mass is 19.4. The molecule has 7 nitrogen and oxygen atoms in total. The molecule has 0 radical (unpaired) electrons. The summed E-state index contributed by atoms with van der Waals surface area (Å²) in [5, 5.41) is 5.34. The number of methoxy groups -OCH3 is 1. The Balaban J connectivity index is 1.51. The van der Waals surface area contributed by atoms with Crippen molar-refractivity contribution in [3.05, 3.63) is 65.2 Å². The number of alkyl halides is 3. The third kappa shape index (κ3) is 4.99. The van der Waals surface area contributed by atoms with E-state index in [1.54, 1.807) is 36.4 Å². The van der Waals surface area contributed by atoms with Gasteiger partial charge in [0.05, 0.1) is 23.6 Å². The number of hydrogen-bond acceptors (Lipinski definition) is 6. The second-order valence-electron chi connectivity index (χ2n) is 11.5. The van der Waals surface area contributed by atoms with Crippen LogP contribution in [0.25, 0.3) is 33.6 Å². The third-order valence-corrected chi connectivity index (χ3v) is 8.42. The molecule has 3 saturated carbocycles. The summed E-state index contributed by atoms with van der Waals surface area (Å²) in [7, 11) is 2.96. The number of benzene rings is 2. The average Bonchev–Trinajstić information content (AvgIpc) is 3.30. The number of ether oxygens (including phenoxy) is 1. The summed E-state index contributed by atoms with van der Waals surface area (Å²) in [6.45, 7) is 0.592. The van der Waals surface area contributed by atoms with Gasteiger partial charge in [-0.2, -0.15) is 18.2 Å². The lowest BCUT2D eigenvalue weighted by Gasteiger charge is -2.62. The molecule has 218 valence electrons. The number of aromatic nitrogens is 1. The van der Waals surface area contributed by atoms with E-state index in [0.29, 0.717) is 34.2 Å². The second kappa shape index (κ2) is 10.2. The Kier molecular flexibility index (Phi) is 6.74. The molecule has 0 unspecified atom stereocenters. The summed E-state index contributed by atoms with van der Waals surface area (Å²) >= 11 is 0. The number of amides is 1. The number of Topliss-reactive ketones (excluding diaryl/α,β-unsaturated/α-hetero) is 1. The number of furan rings is 1. The number of carbonyl (C=O) groups is 2. The number of nitrogens with zero attached hydrogens (tertiary/aromatic N) is 1. The number of pyridine rings is 1. The van der Waals surface area contributed by atoms with Crippen LogP contribution in [0.1, 0.15) is 52.0 Å². The van der Waals surface area contributed by atoms with Gasteiger partial charge in [-0.3, -0.25) is 9.59 Å². The van der Waals surface area contributed by atoms with Crippen molar-refractivity contribution in [2.45, 2.75) is 38.8 Å². The lowest BCUT2D eigenvalue weighted by Crippen LogP contribution is -2.52. The van der Waals surface area contributed by atoms with Gasteiger partial charge in [0.25, 0.3) is 5.91 Å². The van der Waals surface area contributed by atoms with Crippen LogP contribution in [0.5, 0.6) is 5.75 Å². The molecule has 10 heteroatoms. The van der Waals surface area contributed by atoms with Crippen molar-refractivity contribution in [1.29, 1.82) is 0 Å². The van der Waals surface area contributed by atoms with E-state index in [0.717, 1.165) is 30.7 Å². The van der Waals surface area contributed by atoms with Gasteiger partial charge in [0, 0.05) is 24.6 Å². The van der Waals surface area contributed by atoms with Gasteiger partial charge in [-0.25, -0.2) is 0 Å². The number of halogens is 3. The van der Waals surface area contributed by atoms with Crippen LogP contribution in [0, 0.1) is 18.3 Å². The Labute approximate surface area is 240 Å². The fraction of sp³-hybridized carbons (Fsp3) is 0.344. The first kappa shape index (κ1) is 27.8. The first-order chi connectivity index (χ1) is 20.0. The first-order valence-corrected chi connectivity index (χ1v) is 13.8. The van der Waals surface area contributed by atoms with Gasteiger partial charge >= 0.3 is 6.18 Å². The zero-order valence-corrected chi connectivity index (χ0v) is 23.4. The lowest BCUT2D eigenvalue weighted by molar-refractivity contribution is -0.115. The largest absolute Gasteiger partial charge is 0.496 e. The summed E-state index contributed by atoms with van der Waals surface area (Å²) in [6.07, 6.45) is -0.944. The minimum atomic E-state index is -4.51. The Bertz CT molecular complexity index is 1690. The maximum atomic E-state index is 13.4. The van der Waals surface area contributed by atoms with E-state index in [9.17, 15) is 22.8 Å². The standard InChI is InChI=1S/C32H30F3N3O4/c1-17-4-6-19(7-5-17)27-26(29(40)36-2)23-11-21(28(38-30(23)42-27)37-16-32(33,34)35)20-8-9-25(41-3)22(10-20)24(39)15-31-12-18(13-31)14-31/h4-11,18H,12-16H2,1-3H3,(H,36,40)(H,37,38). The molecule has 7 rings (SSSR count). The van der Waals surface area contributed by atoms with Crippen LogP contribution in [-0.2, 0) is 0 Å². The minimum absolute atomic E-state index is 0.00559. The Morgan fingerprint density at radius 1 is 1.07 bits per heavy atom. The van der Waals surface area contributed by atoms with Gasteiger partial charge < -0.3 is 19.8 Å². The molecule has 2 bridgehead atoms. The molecule has 3 aliphatic carbocycles. The number of hydrogen-bond donors (Lipinski definition) is 2. The molecule has 0 spiro atoms. The van der Waals surface area contributed by atoms with E-state index >= 15 is 0 Å². The van der Waals surface area contributed by atoms with Crippen LogP contribution in [0.15, 0.2) is 52.9 Å². The highest BCUT2D eigenvalue weighted by molar-refractivity contribution is 6.12. The van der Waals surface area contributed by atoms with Crippen molar-refractivity contribution >= 4 is 28.6 Å². The predicted molar refractivity (Wildman–Crippen MR) is 153 cm³/mol. The predicted octanol–water partition coefficient (Wildman–Crippen LogP) is 7.19. The van der Waals surface area contributed by atoms with Crippen molar-refractivity contribution in [2.75, 3.05) is 26.0 Å². The van der Waals surface area contributed by atoms with E-state index in [1.165, 1.54) is 14.2 Å². The molecule has 42 heavy (non-hydrogen) atoms. The molecule has 0 atom stereocenters. The van der Waals surface area contributed by atoms with E-state index in [-0.39, 0.29) is 39.6 Å². The summed E-state index contributed by atoms with van der Waals surface area (Å²) < 4.78 is 51.4. The molecule has 2 heterocycles. The van der Waals surface area contributed by atoms with Crippen molar-refractivity contribution in [3.63, 3.8) is 0 Å². The van der Waals surface area contributed by atoms with Gasteiger partial charge in [0.2, 0.25) is 5.71 Å². The molecule has 3 aliphatic rings. The maximum Gasteiger partial charge on any atom is 0.405 e. The minimum Gasteiger partial charge on any atom is -0.496 e.